The molecule has 0 amide bonds. The van der Waals surface area contributed by atoms with E-state index in [2.05, 4.69) is 103 Å². The lowest BCUT2D eigenvalue weighted by Gasteiger charge is -2.49. The van der Waals surface area contributed by atoms with E-state index >= 15 is 0 Å². The highest BCUT2D eigenvalue weighted by Crippen LogP contribution is 2.40. The van der Waals surface area contributed by atoms with Crippen molar-refractivity contribution in [2.24, 2.45) is 0 Å². The summed E-state index contributed by atoms with van der Waals surface area (Å²) >= 11 is 12.3. The number of nitrogens with zero attached hydrogens (tertiary/aromatic N) is 4. The maximum Gasteiger partial charge on any atom is 0.262 e. The number of halogens is 2. The van der Waals surface area contributed by atoms with Gasteiger partial charge in [-0.1, -0.05) is 81.4 Å². The summed E-state index contributed by atoms with van der Waals surface area (Å²) in [6, 6.07) is 21.2. The predicted molar refractivity (Wildman–Crippen MR) is 145 cm³/mol. The van der Waals surface area contributed by atoms with E-state index in [1.807, 2.05) is 12.1 Å². The zero-order valence-electron chi connectivity index (χ0n) is 20.8. The van der Waals surface area contributed by atoms with Crippen LogP contribution in [-0.4, -0.2) is 54.7 Å². The molecule has 2 heterocycles. The largest absolute Gasteiger partial charge is 0.398 e. The summed E-state index contributed by atoms with van der Waals surface area (Å²) in [5.41, 5.74) is -0.665. The first kappa shape index (κ1) is 26.0. The lowest BCUT2D eigenvalue weighted by atomic mass is 10.1. The Bertz CT molecular complexity index is 1090. The maximum atomic E-state index is 7.48. The van der Waals surface area contributed by atoms with Crippen molar-refractivity contribution < 1.29 is 9.16 Å². The van der Waals surface area contributed by atoms with Crippen LogP contribution in [0.3, 0.4) is 0 Å². The predicted octanol–water partition coefficient (Wildman–Crippen LogP) is 4.74. The number of rotatable bonds is 5. The van der Waals surface area contributed by atoms with Crippen LogP contribution >= 0.6 is 23.2 Å². The van der Waals surface area contributed by atoms with Gasteiger partial charge in [-0.15, -0.1) is 0 Å². The van der Waals surface area contributed by atoms with Gasteiger partial charge in [-0.05, 0) is 52.5 Å². The van der Waals surface area contributed by atoms with Crippen LogP contribution in [0.15, 0.2) is 60.7 Å². The summed E-state index contributed by atoms with van der Waals surface area (Å²) in [6.07, 6.45) is 0. The first-order valence-electron chi connectivity index (χ1n) is 11.8. The molecular weight excluding hydrogens is 499 g/mol. The molecule has 1 fully saturated rings. The molecule has 1 aliphatic rings. The molecule has 6 nitrogen and oxygen atoms in total. The van der Waals surface area contributed by atoms with Gasteiger partial charge < -0.3 is 14.1 Å². The van der Waals surface area contributed by atoms with Crippen LogP contribution in [-0.2, 0) is 9.16 Å². The van der Waals surface area contributed by atoms with E-state index in [0.717, 1.165) is 0 Å². The number of ether oxygens (including phenoxy) is 1. The molecule has 35 heavy (non-hydrogen) atoms. The van der Waals surface area contributed by atoms with E-state index in [1.165, 1.54) is 10.4 Å². The van der Waals surface area contributed by atoms with Crippen molar-refractivity contribution in [2.45, 2.75) is 51.3 Å². The molecule has 186 valence electrons. The number of hydrogen-bond acceptors (Lipinski definition) is 6. The second kappa shape index (κ2) is 10.1. The van der Waals surface area contributed by atoms with Gasteiger partial charge in [0.15, 0.2) is 0 Å². The molecule has 9 heteroatoms. The molecule has 0 bridgehead atoms. The first-order chi connectivity index (χ1) is 16.5. The van der Waals surface area contributed by atoms with Crippen molar-refractivity contribution >= 4 is 47.8 Å². The van der Waals surface area contributed by atoms with Gasteiger partial charge in [0.1, 0.15) is 0 Å². The average Bonchev–Trinajstić information content (AvgIpc) is 2.95. The van der Waals surface area contributed by atoms with Gasteiger partial charge in [0.2, 0.25) is 16.5 Å². The highest BCUT2D eigenvalue weighted by Gasteiger charge is 2.54. The Morgan fingerprint density at radius 1 is 0.943 bits per heavy atom. The highest BCUT2D eigenvalue weighted by molar-refractivity contribution is 6.99. The number of anilines is 1. The third kappa shape index (κ3) is 5.39. The van der Waals surface area contributed by atoms with Crippen LogP contribution in [0.1, 0.15) is 34.6 Å². The Balaban J connectivity index is 1.84. The molecule has 4 rings (SSSR count). The van der Waals surface area contributed by atoms with Crippen LogP contribution in [0, 0.1) is 0 Å². The van der Waals surface area contributed by atoms with E-state index < -0.39 is 13.9 Å². The summed E-state index contributed by atoms with van der Waals surface area (Å²) in [5.74, 6) is 0.422. The van der Waals surface area contributed by atoms with Crippen molar-refractivity contribution in [3.05, 3.63) is 71.2 Å². The molecular formula is C26H32Cl2N4O2Si. The lowest BCUT2D eigenvalue weighted by molar-refractivity contribution is -0.00222. The van der Waals surface area contributed by atoms with Crippen LogP contribution in [0.2, 0.25) is 15.6 Å². The zero-order chi connectivity index (χ0) is 25.3. The van der Waals surface area contributed by atoms with E-state index in [4.69, 9.17) is 32.4 Å². The zero-order valence-corrected chi connectivity index (χ0v) is 23.3. The Morgan fingerprint density at radius 3 is 1.94 bits per heavy atom. The topological polar surface area (TPSA) is 60.4 Å². The Kier molecular flexibility index (Phi) is 7.55. The van der Waals surface area contributed by atoms with E-state index in [1.54, 1.807) is 0 Å². The second-order valence-corrected chi connectivity index (χ2v) is 15.3. The summed E-state index contributed by atoms with van der Waals surface area (Å²) in [4.78, 5) is 14.7. The Labute approximate surface area is 218 Å². The van der Waals surface area contributed by atoms with Crippen molar-refractivity contribution in [3.63, 3.8) is 0 Å². The fraction of sp³-hybridized carbons (Fsp3) is 0.423. The van der Waals surface area contributed by atoms with Gasteiger partial charge in [0.05, 0.1) is 31.4 Å². The number of benzene rings is 2. The number of aromatic nitrogens is 3. The van der Waals surface area contributed by atoms with Crippen molar-refractivity contribution in [3.8, 4) is 0 Å². The minimum absolute atomic E-state index is 0.00545. The molecule has 2 aromatic carbocycles. The van der Waals surface area contributed by atoms with Gasteiger partial charge in [0.25, 0.3) is 8.32 Å². The van der Waals surface area contributed by atoms with Crippen LogP contribution in [0.4, 0.5) is 5.95 Å². The third-order valence-corrected chi connectivity index (χ3v) is 12.0. The lowest BCUT2D eigenvalue weighted by Crippen LogP contribution is -2.70. The van der Waals surface area contributed by atoms with E-state index in [-0.39, 0.29) is 21.6 Å². The van der Waals surface area contributed by atoms with Crippen LogP contribution < -0.4 is 15.3 Å². The summed E-state index contributed by atoms with van der Waals surface area (Å²) in [6.45, 7) is 12.4. The SMILES string of the molecule is CC1COCC(C)(O[Si](c2ccccc2)(c2ccccc2)C(C)(C)C)CN1c1nc(Cl)nc(Cl)n1. The molecule has 3 aromatic rings. The molecule has 0 spiro atoms. The molecule has 2 unspecified atom stereocenters. The molecule has 1 aromatic heterocycles. The molecule has 0 radical (unpaired) electrons. The molecule has 1 aliphatic heterocycles. The summed E-state index contributed by atoms with van der Waals surface area (Å²) in [7, 11) is -2.82. The normalized spacial score (nSPS) is 21.6. The van der Waals surface area contributed by atoms with E-state index in [9.17, 15) is 0 Å². The van der Waals surface area contributed by atoms with E-state index in [0.29, 0.717) is 25.7 Å². The smallest absolute Gasteiger partial charge is 0.262 e. The number of hydrogen-bond donors (Lipinski definition) is 0. The molecule has 1 saturated heterocycles. The van der Waals surface area contributed by atoms with Crippen molar-refractivity contribution in [1.82, 2.24) is 15.0 Å². The minimum atomic E-state index is -2.82. The van der Waals surface area contributed by atoms with Gasteiger partial charge in [-0.2, -0.15) is 15.0 Å². The van der Waals surface area contributed by atoms with Gasteiger partial charge in [-0.3, -0.25) is 0 Å². The third-order valence-electron chi connectivity index (χ3n) is 6.45. The monoisotopic (exact) mass is 530 g/mol. The van der Waals surface area contributed by atoms with Gasteiger partial charge >= 0.3 is 0 Å². The fourth-order valence-electron chi connectivity index (χ4n) is 4.89. The van der Waals surface area contributed by atoms with Crippen molar-refractivity contribution in [1.29, 1.82) is 0 Å². The molecule has 0 aliphatic carbocycles. The maximum absolute atomic E-state index is 7.48. The molecule has 2 atom stereocenters. The Morgan fingerprint density at radius 2 is 1.46 bits per heavy atom. The second-order valence-electron chi connectivity index (χ2n) is 10.4. The minimum Gasteiger partial charge on any atom is -0.398 e. The standard InChI is InChI=1S/C26H32Cl2N4O2Si/c1-19-16-33-18-26(5,17-32(19)24-30-22(27)29-23(28)31-24)34-35(25(2,3)4,20-12-8-6-9-13-20)21-14-10-7-11-15-21/h6-15,19H,16-18H2,1-5H3. The molecule has 0 N–H and O–H groups in total. The van der Waals surface area contributed by atoms with Crippen LogP contribution in [0.5, 0.6) is 0 Å². The molecule has 0 saturated carbocycles. The summed E-state index contributed by atoms with van der Waals surface area (Å²) < 4.78 is 13.7. The fourth-order valence-corrected chi connectivity index (χ4v) is 10.0. The first-order valence-corrected chi connectivity index (χ1v) is 14.4. The highest BCUT2D eigenvalue weighted by atomic mass is 35.5. The quantitative estimate of drug-likeness (QED) is 0.444. The van der Waals surface area contributed by atoms with Crippen LogP contribution in [0.25, 0.3) is 0 Å². The Hall–Kier alpha value is -2.03. The average molecular weight is 532 g/mol. The summed E-state index contributed by atoms with van der Waals surface area (Å²) in [5, 5.41) is 2.39. The van der Waals surface area contributed by atoms with Gasteiger partial charge in [-0.25, -0.2) is 0 Å². The van der Waals surface area contributed by atoms with Crippen molar-refractivity contribution in [2.75, 3.05) is 24.7 Å². The van der Waals surface area contributed by atoms with Gasteiger partial charge in [0, 0.05) is 0 Å².